The molecule has 1 N–H and O–H groups in total. The van der Waals surface area contributed by atoms with Crippen molar-refractivity contribution in [3.05, 3.63) is 60.3 Å². The normalized spacial score (nSPS) is 21.4. The number of rotatable bonds is 5. The van der Waals surface area contributed by atoms with Crippen molar-refractivity contribution in [2.45, 2.75) is 38.2 Å². The summed E-state index contributed by atoms with van der Waals surface area (Å²) in [4.78, 5) is 14.0. The molecule has 1 spiro atoms. The van der Waals surface area contributed by atoms with Crippen molar-refractivity contribution in [1.82, 2.24) is 20.4 Å². The maximum absolute atomic E-state index is 12.4. The van der Waals surface area contributed by atoms with Gasteiger partial charge in [-0.15, -0.1) is 40.1 Å². The predicted molar refractivity (Wildman–Crippen MR) is 136 cm³/mol. The number of halogens is 2. The summed E-state index contributed by atoms with van der Waals surface area (Å²) in [5.41, 5.74) is 2.75. The van der Waals surface area contributed by atoms with Gasteiger partial charge in [0, 0.05) is 18.3 Å². The number of carbonyl (C=O) groups excluding carboxylic acids is 1. The van der Waals surface area contributed by atoms with Crippen molar-refractivity contribution >= 4 is 42.5 Å². The number of aromatic nitrogens is 4. The molecule has 34 heavy (non-hydrogen) atoms. The van der Waals surface area contributed by atoms with Crippen LogP contribution in [0.1, 0.15) is 31.2 Å². The van der Waals surface area contributed by atoms with E-state index in [1.165, 1.54) is 5.56 Å². The Morgan fingerprint density at radius 2 is 1.82 bits per heavy atom. The summed E-state index contributed by atoms with van der Waals surface area (Å²) >= 11 is 0. The van der Waals surface area contributed by atoms with Crippen molar-refractivity contribution in [3.63, 3.8) is 0 Å². The summed E-state index contributed by atoms with van der Waals surface area (Å²) < 4.78 is 5.81. The number of hydrogen-bond donors (Lipinski definition) is 1. The molecule has 1 saturated carbocycles. The number of anilines is 2. The van der Waals surface area contributed by atoms with Crippen molar-refractivity contribution in [2.75, 3.05) is 23.3 Å². The zero-order chi connectivity index (χ0) is 22.0. The molecule has 2 aromatic heterocycles. The van der Waals surface area contributed by atoms with Gasteiger partial charge in [-0.25, -0.2) is 4.79 Å². The summed E-state index contributed by atoms with van der Waals surface area (Å²) in [5.74, 6) is 1.83. The van der Waals surface area contributed by atoms with Crippen molar-refractivity contribution < 1.29 is 9.53 Å². The molecule has 3 heterocycles. The Labute approximate surface area is 211 Å². The number of carbonyl (C=O) groups is 1. The first-order valence-electron chi connectivity index (χ1n) is 11.0. The van der Waals surface area contributed by atoms with E-state index in [2.05, 4.69) is 44.8 Å². The lowest BCUT2D eigenvalue weighted by Gasteiger charge is -2.35. The molecule has 10 heteroatoms. The van der Waals surface area contributed by atoms with Crippen LogP contribution < -0.4 is 10.2 Å². The highest BCUT2D eigenvalue weighted by atomic mass is 35.5. The monoisotopic (exact) mass is 502 g/mol. The molecule has 0 atom stereocenters. The molecule has 2 aliphatic rings. The van der Waals surface area contributed by atoms with Crippen LogP contribution >= 0.6 is 24.8 Å². The topological polar surface area (TPSA) is 93.1 Å². The molecule has 0 radical (unpaired) electrons. The van der Waals surface area contributed by atoms with E-state index >= 15 is 0 Å². The average Bonchev–Trinajstić information content (AvgIpc) is 3.16. The van der Waals surface area contributed by atoms with E-state index in [4.69, 9.17) is 4.74 Å². The maximum atomic E-state index is 12.4. The highest BCUT2D eigenvalue weighted by molar-refractivity contribution is 5.89. The second-order valence-electron chi connectivity index (χ2n) is 8.66. The summed E-state index contributed by atoms with van der Waals surface area (Å²) in [6.45, 7) is 3.44. The van der Waals surface area contributed by atoms with Gasteiger partial charge in [-0.05, 0) is 68.4 Å². The third-order valence-electron chi connectivity index (χ3n) is 6.48. The second-order valence-corrected chi connectivity index (χ2v) is 8.66. The van der Waals surface area contributed by atoms with Crippen LogP contribution in [0.3, 0.4) is 0 Å². The number of benzene rings is 1. The van der Waals surface area contributed by atoms with E-state index in [-0.39, 0.29) is 30.9 Å². The number of nitrogens with zero attached hydrogens (tertiary/aromatic N) is 5. The van der Waals surface area contributed by atoms with Gasteiger partial charge in [0.25, 0.3) is 0 Å². The van der Waals surface area contributed by atoms with Gasteiger partial charge in [0.15, 0.2) is 5.82 Å². The Morgan fingerprint density at radius 1 is 1.03 bits per heavy atom. The molecular weight excluding hydrogens is 475 g/mol. The fraction of sp³-hybridized carbons (Fsp3) is 0.375. The molecule has 1 aliphatic carbocycles. The van der Waals surface area contributed by atoms with E-state index in [0.29, 0.717) is 18.3 Å². The minimum absolute atomic E-state index is 0. The highest BCUT2D eigenvalue weighted by Crippen LogP contribution is 2.40. The Balaban J connectivity index is 0.00000162. The van der Waals surface area contributed by atoms with E-state index in [1.807, 2.05) is 24.3 Å². The molecule has 1 amide bonds. The number of amides is 1. The van der Waals surface area contributed by atoms with E-state index in [0.717, 1.165) is 49.3 Å². The fourth-order valence-electron chi connectivity index (χ4n) is 4.58. The van der Waals surface area contributed by atoms with Crippen molar-refractivity contribution in [2.24, 2.45) is 5.92 Å². The molecular formula is C24H28Cl2N6O2. The van der Waals surface area contributed by atoms with Gasteiger partial charge in [-0.1, -0.05) is 24.3 Å². The molecule has 180 valence electrons. The van der Waals surface area contributed by atoms with Crippen LogP contribution in [0.2, 0.25) is 0 Å². The van der Waals surface area contributed by atoms with Crippen molar-refractivity contribution in [3.8, 4) is 11.3 Å². The van der Waals surface area contributed by atoms with Gasteiger partial charge in [-0.3, -0.25) is 4.90 Å². The summed E-state index contributed by atoms with van der Waals surface area (Å²) in [5, 5.41) is 20.1. The number of hydrogen-bond acceptors (Lipinski definition) is 7. The van der Waals surface area contributed by atoms with Crippen LogP contribution in [0, 0.1) is 12.8 Å². The summed E-state index contributed by atoms with van der Waals surface area (Å²) in [6.07, 6.45) is 4.94. The Bertz CT molecular complexity index is 1090. The lowest BCUT2D eigenvalue weighted by molar-refractivity contribution is 0.0148. The Hall–Kier alpha value is -2.97. The standard InChI is InChI=1S/C24H26N6O2.2ClH/c1-17-5-2-3-6-19(17)20-8-9-21(28-27-20)25-15-18-10-12-24(13-11-18)16-30(23(31)32-24)22-7-4-14-26-29-22;;/h2-9,14,18H,10-13,15-16H2,1H3,(H,25,28);2*1H. The molecule has 0 unspecified atom stereocenters. The van der Waals surface area contributed by atoms with Crippen LogP contribution in [0.4, 0.5) is 16.4 Å². The third-order valence-corrected chi connectivity index (χ3v) is 6.48. The maximum Gasteiger partial charge on any atom is 0.416 e. The lowest BCUT2D eigenvalue weighted by atomic mass is 9.78. The van der Waals surface area contributed by atoms with Gasteiger partial charge < -0.3 is 10.1 Å². The molecule has 5 rings (SSSR count). The van der Waals surface area contributed by atoms with Gasteiger partial charge in [-0.2, -0.15) is 5.10 Å². The molecule has 3 aromatic rings. The molecule has 1 aliphatic heterocycles. The Kier molecular flexibility index (Phi) is 8.28. The third kappa shape index (κ3) is 5.39. The molecule has 1 aromatic carbocycles. The number of ether oxygens (including phenoxy) is 1. The van der Waals surface area contributed by atoms with Gasteiger partial charge in [0.2, 0.25) is 0 Å². The molecule has 0 bridgehead atoms. The number of nitrogens with one attached hydrogen (secondary N) is 1. The van der Waals surface area contributed by atoms with Crippen LogP contribution in [0.15, 0.2) is 54.7 Å². The quantitative estimate of drug-likeness (QED) is 0.519. The Morgan fingerprint density at radius 3 is 2.50 bits per heavy atom. The number of aryl methyl sites for hydroxylation is 1. The summed E-state index contributed by atoms with van der Waals surface area (Å²) in [6, 6.07) is 15.7. The zero-order valence-electron chi connectivity index (χ0n) is 18.9. The lowest BCUT2D eigenvalue weighted by Crippen LogP contribution is -2.39. The summed E-state index contributed by atoms with van der Waals surface area (Å²) in [7, 11) is 0. The first-order valence-corrected chi connectivity index (χ1v) is 11.0. The molecule has 1 saturated heterocycles. The minimum atomic E-state index is -0.417. The smallest absolute Gasteiger partial charge is 0.416 e. The average molecular weight is 503 g/mol. The SMILES string of the molecule is Cc1ccccc1-c1ccc(NCC2CCC3(CC2)CN(c2cccnn2)C(=O)O3)nn1.Cl.Cl. The fourth-order valence-corrected chi connectivity index (χ4v) is 4.58. The van der Waals surface area contributed by atoms with E-state index in [1.54, 1.807) is 23.2 Å². The van der Waals surface area contributed by atoms with Crippen LogP contribution in [-0.2, 0) is 4.74 Å². The van der Waals surface area contributed by atoms with E-state index in [9.17, 15) is 4.79 Å². The minimum Gasteiger partial charge on any atom is -0.441 e. The van der Waals surface area contributed by atoms with Gasteiger partial charge >= 0.3 is 6.09 Å². The highest BCUT2D eigenvalue weighted by Gasteiger charge is 2.48. The van der Waals surface area contributed by atoms with Crippen LogP contribution in [0.25, 0.3) is 11.3 Å². The second kappa shape index (κ2) is 11.0. The molecule has 2 fully saturated rings. The largest absolute Gasteiger partial charge is 0.441 e. The van der Waals surface area contributed by atoms with Crippen molar-refractivity contribution in [1.29, 1.82) is 0 Å². The van der Waals surface area contributed by atoms with Gasteiger partial charge in [0.1, 0.15) is 11.4 Å². The van der Waals surface area contributed by atoms with E-state index < -0.39 is 5.60 Å². The van der Waals surface area contributed by atoms with Crippen LogP contribution in [0.5, 0.6) is 0 Å². The van der Waals surface area contributed by atoms with Gasteiger partial charge in [0.05, 0.1) is 12.2 Å². The van der Waals surface area contributed by atoms with Crippen LogP contribution in [-0.4, -0.2) is 45.2 Å². The first kappa shape index (κ1) is 25.6. The first-order chi connectivity index (χ1) is 15.6. The zero-order valence-corrected chi connectivity index (χ0v) is 20.5. The molecule has 8 nitrogen and oxygen atoms in total. The predicted octanol–water partition coefficient (Wildman–Crippen LogP) is 5.08.